The summed E-state index contributed by atoms with van der Waals surface area (Å²) in [5.74, 6) is 0. The van der Waals surface area contributed by atoms with Gasteiger partial charge in [0.1, 0.15) is 0 Å². The summed E-state index contributed by atoms with van der Waals surface area (Å²) < 4.78 is 1.47. The van der Waals surface area contributed by atoms with E-state index in [9.17, 15) is 0 Å². The summed E-state index contributed by atoms with van der Waals surface area (Å²) >= 11 is 1.85. The topological polar surface area (TPSA) is 0 Å². The minimum absolute atomic E-state index is 1.25. The van der Waals surface area contributed by atoms with Gasteiger partial charge in [-0.3, -0.25) is 0 Å². The SMILES string of the molecule is C1=c2ccsc2=CCCC1. The molecule has 0 aromatic carbocycles. The number of rotatable bonds is 0. The van der Waals surface area contributed by atoms with Crippen molar-refractivity contribution in [3.8, 4) is 0 Å². The van der Waals surface area contributed by atoms with Crippen LogP contribution >= 0.6 is 11.3 Å². The molecule has 2 rings (SSSR count). The van der Waals surface area contributed by atoms with Crippen LogP contribution in [0.5, 0.6) is 0 Å². The predicted molar refractivity (Wildman–Crippen MR) is 46.4 cm³/mol. The van der Waals surface area contributed by atoms with E-state index in [1.807, 2.05) is 11.3 Å². The van der Waals surface area contributed by atoms with Crippen LogP contribution in [0.3, 0.4) is 0 Å². The molecule has 0 radical (unpaired) electrons. The molecule has 1 heterocycles. The highest BCUT2D eigenvalue weighted by atomic mass is 32.1. The predicted octanol–water partition coefficient (Wildman–Crippen LogP) is 1.49. The van der Waals surface area contributed by atoms with Gasteiger partial charge in [0.05, 0.1) is 0 Å². The second-order valence-corrected chi connectivity index (χ2v) is 3.53. The summed E-state index contributed by atoms with van der Waals surface area (Å²) in [5.41, 5.74) is 0. The van der Waals surface area contributed by atoms with Gasteiger partial charge in [-0.15, -0.1) is 11.3 Å². The molecule has 0 nitrogen and oxygen atoms in total. The van der Waals surface area contributed by atoms with Crippen LogP contribution in [0.25, 0.3) is 12.2 Å². The van der Waals surface area contributed by atoms with E-state index in [1.54, 1.807) is 0 Å². The lowest BCUT2D eigenvalue weighted by atomic mass is 10.2. The van der Waals surface area contributed by atoms with Crippen molar-refractivity contribution in [2.45, 2.75) is 19.3 Å². The summed E-state index contributed by atoms with van der Waals surface area (Å²) in [6.45, 7) is 0. The molecule has 1 aromatic rings. The Hall–Kier alpha value is -0.560. The highest BCUT2D eigenvalue weighted by Gasteiger charge is 1.91. The third-order valence-electron chi connectivity index (χ3n) is 1.83. The van der Waals surface area contributed by atoms with Crippen molar-refractivity contribution < 1.29 is 0 Å². The molecule has 1 aromatic heterocycles. The monoisotopic (exact) mass is 150 g/mol. The van der Waals surface area contributed by atoms with Crippen LogP contribution < -0.4 is 9.75 Å². The zero-order chi connectivity index (χ0) is 6.81. The van der Waals surface area contributed by atoms with E-state index in [0.717, 1.165) is 0 Å². The molecule has 0 unspecified atom stereocenters. The molecule has 0 spiro atoms. The standard InChI is InChI=1S/C9H10S/c1-2-4-8-6-7-10-9(8)5-3-1/h4-7H,1-3H2. The quantitative estimate of drug-likeness (QED) is 0.525. The Morgan fingerprint density at radius 1 is 1.20 bits per heavy atom. The molecule has 0 bridgehead atoms. The first kappa shape index (κ1) is 6.17. The smallest absolute Gasteiger partial charge is 0.0299 e. The second kappa shape index (κ2) is 2.59. The van der Waals surface area contributed by atoms with E-state index in [1.165, 1.54) is 29.0 Å². The third kappa shape index (κ3) is 1.01. The molecule has 10 heavy (non-hydrogen) atoms. The molecular formula is C9H10S. The maximum Gasteiger partial charge on any atom is 0.0299 e. The van der Waals surface area contributed by atoms with Crippen molar-refractivity contribution in [2.75, 3.05) is 0 Å². The molecule has 0 N–H and O–H groups in total. The average Bonchev–Trinajstić information content (AvgIpc) is 2.28. The Labute approximate surface area is 64.5 Å². The van der Waals surface area contributed by atoms with Crippen LogP contribution in [-0.2, 0) is 0 Å². The summed E-state index contributed by atoms with van der Waals surface area (Å²) in [7, 11) is 0. The lowest BCUT2D eigenvalue weighted by molar-refractivity contribution is 0.925. The van der Waals surface area contributed by atoms with E-state index in [2.05, 4.69) is 23.6 Å². The zero-order valence-electron chi connectivity index (χ0n) is 5.84. The van der Waals surface area contributed by atoms with Crippen LogP contribution in [0.2, 0.25) is 0 Å². The first-order valence-electron chi connectivity index (χ1n) is 3.71. The molecule has 0 saturated heterocycles. The van der Waals surface area contributed by atoms with Crippen molar-refractivity contribution in [3.63, 3.8) is 0 Å². The van der Waals surface area contributed by atoms with Crippen molar-refractivity contribution in [1.82, 2.24) is 0 Å². The van der Waals surface area contributed by atoms with Crippen molar-refractivity contribution in [2.24, 2.45) is 0 Å². The highest BCUT2D eigenvalue weighted by molar-refractivity contribution is 7.07. The van der Waals surface area contributed by atoms with Gasteiger partial charge in [-0.2, -0.15) is 0 Å². The molecule has 0 saturated carbocycles. The van der Waals surface area contributed by atoms with Gasteiger partial charge in [0.15, 0.2) is 0 Å². The van der Waals surface area contributed by atoms with Crippen LogP contribution in [0.4, 0.5) is 0 Å². The number of fused-ring (bicyclic) bond motifs is 1. The van der Waals surface area contributed by atoms with Gasteiger partial charge in [-0.05, 0) is 35.9 Å². The number of hydrogen-bond donors (Lipinski definition) is 0. The Morgan fingerprint density at radius 3 is 3.10 bits per heavy atom. The van der Waals surface area contributed by atoms with Gasteiger partial charge in [0, 0.05) is 4.53 Å². The van der Waals surface area contributed by atoms with Crippen LogP contribution in [0, 0.1) is 0 Å². The Balaban J connectivity index is 2.72. The molecule has 0 fully saturated rings. The van der Waals surface area contributed by atoms with Gasteiger partial charge in [0.25, 0.3) is 0 Å². The van der Waals surface area contributed by atoms with Crippen LogP contribution in [-0.4, -0.2) is 0 Å². The lowest BCUT2D eigenvalue weighted by Gasteiger charge is -1.82. The Bertz CT molecular complexity index is 288. The van der Waals surface area contributed by atoms with Crippen LogP contribution in [0.1, 0.15) is 19.3 Å². The first-order chi connectivity index (χ1) is 4.97. The van der Waals surface area contributed by atoms with E-state index in [0.29, 0.717) is 0 Å². The summed E-state index contributed by atoms with van der Waals surface area (Å²) in [4.78, 5) is 0. The van der Waals surface area contributed by atoms with Crippen molar-refractivity contribution >= 4 is 23.5 Å². The van der Waals surface area contributed by atoms with E-state index < -0.39 is 0 Å². The minimum Gasteiger partial charge on any atom is -0.144 e. The number of thiophene rings is 1. The molecule has 0 aliphatic heterocycles. The molecule has 0 atom stereocenters. The normalized spacial score (nSPS) is 16.4. The second-order valence-electron chi connectivity index (χ2n) is 2.58. The Kier molecular flexibility index (Phi) is 1.60. The van der Waals surface area contributed by atoms with Gasteiger partial charge in [-0.25, -0.2) is 0 Å². The molecule has 1 aliphatic carbocycles. The van der Waals surface area contributed by atoms with Crippen molar-refractivity contribution in [1.29, 1.82) is 0 Å². The zero-order valence-corrected chi connectivity index (χ0v) is 6.66. The fourth-order valence-electron chi connectivity index (χ4n) is 1.27. The highest BCUT2D eigenvalue weighted by Crippen LogP contribution is 2.00. The first-order valence-corrected chi connectivity index (χ1v) is 4.59. The fraction of sp³-hybridized carbons (Fsp3) is 0.333. The average molecular weight is 150 g/mol. The van der Waals surface area contributed by atoms with Gasteiger partial charge >= 0.3 is 0 Å². The lowest BCUT2D eigenvalue weighted by Crippen LogP contribution is -2.15. The van der Waals surface area contributed by atoms with E-state index >= 15 is 0 Å². The largest absolute Gasteiger partial charge is 0.144 e. The molecule has 52 valence electrons. The maximum atomic E-state index is 2.35. The minimum atomic E-state index is 1.25. The maximum absolute atomic E-state index is 2.35. The fourth-order valence-corrected chi connectivity index (χ4v) is 2.14. The molecule has 1 aliphatic rings. The molecule has 0 amide bonds. The van der Waals surface area contributed by atoms with E-state index in [4.69, 9.17) is 0 Å². The third-order valence-corrected chi connectivity index (χ3v) is 2.76. The van der Waals surface area contributed by atoms with E-state index in [-0.39, 0.29) is 0 Å². The van der Waals surface area contributed by atoms with Gasteiger partial charge in [0.2, 0.25) is 0 Å². The Morgan fingerprint density at radius 2 is 2.10 bits per heavy atom. The number of hydrogen-bond acceptors (Lipinski definition) is 1. The van der Waals surface area contributed by atoms with Gasteiger partial charge in [-0.1, -0.05) is 12.2 Å². The summed E-state index contributed by atoms with van der Waals surface area (Å²) in [6, 6.07) is 2.21. The summed E-state index contributed by atoms with van der Waals surface area (Å²) in [5, 5.41) is 3.62. The molecular weight excluding hydrogens is 140 g/mol. The summed E-state index contributed by atoms with van der Waals surface area (Å²) in [6.07, 6.45) is 8.52. The van der Waals surface area contributed by atoms with Crippen molar-refractivity contribution in [3.05, 3.63) is 21.2 Å². The van der Waals surface area contributed by atoms with Gasteiger partial charge < -0.3 is 0 Å². The molecule has 1 heteroatoms. The van der Waals surface area contributed by atoms with Crippen LogP contribution in [0.15, 0.2) is 11.4 Å².